The fourth-order valence-electron chi connectivity index (χ4n) is 5.27. The Morgan fingerprint density at radius 2 is 1.59 bits per heavy atom. The number of amides is 3. The summed E-state index contributed by atoms with van der Waals surface area (Å²) in [6, 6.07) is 7.84. The minimum atomic E-state index is -0.306. The molecule has 32 heavy (non-hydrogen) atoms. The number of hydrogen-bond acceptors (Lipinski definition) is 3. The molecule has 0 radical (unpaired) electrons. The molecule has 6 nitrogen and oxygen atoms in total. The molecule has 6 heteroatoms. The number of aryl methyl sites for hydroxylation is 1. The van der Waals surface area contributed by atoms with Crippen molar-refractivity contribution in [3.63, 3.8) is 0 Å². The molecule has 1 aromatic carbocycles. The number of anilines is 1. The monoisotopic (exact) mass is 441 g/mol. The lowest BCUT2D eigenvalue weighted by Crippen LogP contribution is -2.51. The largest absolute Gasteiger partial charge is 0.351 e. The molecule has 3 rings (SSSR count). The van der Waals surface area contributed by atoms with Gasteiger partial charge in [0.15, 0.2) is 0 Å². The minimum absolute atomic E-state index is 0.00236. The first kappa shape index (κ1) is 24.3. The van der Waals surface area contributed by atoms with E-state index in [9.17, 15) is 14.4 Å². The van der Waals surface area contributed by atoms with Crippen LogP contribution in [0.1, 0.15) is 65.9 Å². The SMILES string of the molecule is Cc1ccc(N2CC(C(=O)N3CCC(C(=O)NC(C)(C)CC(C)(C)C)CC3)CC2=O)cc1. The zero-order valence-corrected chi connectivity index (χ0v) is 20.5. The molecule has 0 bridgehead atoms. The first-order valence-electron chi connectivity index (χ1n) is 11.8. The van der Waals surface area contributed by atoms with Crippen LogP contribution in [0.15, 0.2) is 24.3 Å². The number of hydrogen-bond donors (Lipinski definition) is 1. The van der Waals surface area contributed by atoms with Gasteiger partial charge in [0.25, 0.3) is 0 Å². The highest BCUT2D eigenvalue weighted by Gasteiger charge is 2.39. The van der Waals surface area contributed by atoms with Gasteiger partial charge in [-0.1, -0.05) is 38.5 Å². The third kappa shape index (κ3) is 6.11. The van der Waals surface area contributed by atoms with E-state index in [0.717, 1.165) is 17.7 Å². The molecular weight excluding hydrogens is 402 g/mol. The third-order valence-electron chi connectivity index (χ3n) is 6.43. The molecule has 2 heterocycles. The van der Waals surface area contributed by atoms with E-state index in [0.29, 0.717) is 32.5 Å². The second-order valence-electron chi connectivity index (χ2n) is 11.5. The van der Waals surface area contributed by atoms with Crippen LogP contribution in [0, 0.1) is 24.2 Å². The van der Waals surface area contributed by atoms with Gasteiger partial charge in [-0.25, -0.2) is 0 Å². The molecule has 0 aromatic heterocycles. The van der Waals surface area contributed by atoms with E-state index in [4.69, 9.17) is 0 Å². The molecule has 0 saturated carbocycles. The van der Waals surface area contributed by atoms with Gasteiger partial charge < -0.3 is 15.1 Å². The van der Waals surface area contributed by atoms with Crippen LogP contribution in [0.4, 0.5) is 5.69 Å². The third-order valence-corrected chi connectivity index (χ3v) is 6.43. The molecule has 1 aromatic rings. The quantitative estimate of drug-likeness (QED) is 0.753. The van der Waals surface area contributed by atoms with E-state index < -0.39 is 0 Å². The van der Waals surface area contributed by atoms with E-state index in [1.54, 1.807) is 4.90 Å². The fourth-order valence-corrected chi connectivity index (χ4v) is 5.27. The van der Waals surface area contributed by atoms with Crippen molar-refractivity contribution in [1.29, 1.82) is 0 Å². The second kappa shape index (κ2) is 9.24. The Bertz CT molecular complexity index is 846. The van der Waals surface area contributed by atoms with E-state index in [1.807, 2.05) is 36.1 Å². The molecule has 2 fully saturated rings. The van der Waals surface area contributed by atoms with Crippen molar-refractivity contribution in [1.82, 2.24) is 10.2 Å². The maximum Gasteiger partial charge on any atom is 0.228 e. The topological polar surface area (TPSA) is 69.7 Å². The first-order valence-corrected chi connectivity index (χ1v) is 11.8. The number of rotatable bonds is 5. The first-order chi connectivity index (χ1) is 14.8. The van der Waals surface area contributed by atoms with Gasteiger partial charge >= 0.3 is 0 Å². The number of carbonyl (C=O) groups is 3. The summed E-state index contributed by atoms with van der Waals surface area (Å²) in [6.45, 7) is 14.3. The van der Waals surface area contributed by atoms with Crippen molar-refractivity contribution in [2.24, 2.45) is 17.3 Å². The second-order valence-corrected chi connectivity index (χ2v) is 11.5. The van der Waals surface area contributed by atoms with Crippen LogP contribution >= 0.6 is 0 Å². The van der Waals surface area contributed by atoms with Crippen LogP contribution in [0.2, 0.25) is 0 Å². The van der Waals surface area contributed by atoms with Crippen LogP contribution in [0.5, 0.6) is 0 Å². The van der Waals surface area contributed by atoms with Crippen LogP contribution < -0.4 is 10.2 Å². The van der Waals surface area contributed by atoms with Crippen LogP contribution in [0.3, 0.4) is 0 Å². The lowest BCUT2D eigenvalue weighted by molar-refractivity contribution is -0.139. The Hall–Kier alpha value is -2.37. The maximum absolute atomic E-state index is 13.1. The van der Waals surface area contributed by atoms with Crippen LogP contribution in [-0.2, 0) is 14.4 Å². The summed E-state index contributed by atoms with van der Waals surface area (Å²) in [5, 5.41) is 3.22. The minimum Gasteiger partial charge on any atom is -0.351 e. The van der Waals surface area contributed by atoms with Gasteiger partial charge in [-0.05, 0) is 57.6 Å². The Morgan fingerprint density at radius 1 is 1.00 bits per heavy atom. The van der Waals surface area contributed by atoms with Gasteiger partial charge in [0.1, 0.15) is 0 Å². The molecule has 1 N–H and O–H groups in total. The average Bonchev–Trinajstić information content (AvgIpc) is 3.07. The van der Waals surface area contributed by atoms with E-state index >= 15 is 0 Å². The molecule has 0 spiro atoms. The number of likely N-dealkylation sites (tertiary alicyclic amines) is 1. The molecule has 2 aliphatic heterocycles. The highest BCUT2D eigenvalue weighted by molar-refractivity contribution is 6.00. The van der Waals surface area contributed by atoms with Crippen molar-refractivity contribution in [2.75, 3.05) is 24.5 Å². The molecule has 1 atom stereocenters. The standard InChI is InChI=1S/C26H39N3O3/c1-18-7-9-21(10-8-18)29-16-20(15-22(29)30)24(32)28-13-11-19(12-14-28)23(31)27-26(5,6)17-25(2,3)4/h7-10,19-20H,11-17H2,1-6H3,(H,27,31). The smallest absolute Gasteiger partial charge is 0.228 e. The van der Waals surface area contributed by atoms with Crippen molar-refractivity contribution in [3.05, 3.63) is 29.8 Å². The Labute approximate surface area is 192 Å². The predicted molar refractivity (Wildman–Crippen MR) is 127 cm³/mol. The van der Waals surface area contributed by atoms with E-state index in [2.05, 4.69) is 39.9 Å². The normalized spacial score (nSPS) is 20.6. The molecule has 3 amide bonds. The van der Waals surface area contributed by atoms with E-state index in [1.165, 1.54) is 0 Å². The van der Waals surface area contributed by atoms with E-state index in [-0.39, 0.29) is 46.9 Å². The number of piperidine rings is 1. The summed E-state index contributed by atoms with van der Waals surface area (Å²) in [4.78, 5) is 42.0. The van der Waals surface area contributed by atoms with Gasteiger partial charge in [0.05, 0.1) is 5.92 Å². The van der Waals surface area contributed by atoms with Gasteiger partial charge in [0, 0.05) is 43.2 Å². The summed E-state index contributed by atoms with van der Waals surface area (Å²) < 4.78 is 0. The highest BCUT2D eigenvalue weighted by Crippen LogP contribution is 2.30. The summed E-state index contributed by atoms with van der Waals surface area (Å²) in [7, 11) is 0. The summed E-state index contributed by atoms with van der Waals surface area (Å²) in [6.07, 6.45) is 2.50. The van der Waals surface area contributed by atoms with Gasteiger partial charge in [-0.3, -0.25) is 14.4 Å². The fraction of sp³-hybridized carbons (Fsp3) is 0.654. The number of nitrogens with one attached hydrogen (secondary N) is 1. The molecular formula is C26H39N3O3. The van der Waals surface area contributed by atoms with Crippen molar-refractivity contribution >= 4 is 23.4 Å². The number of benzene rings is 1. The van der Waals surface area contributed by atoms with Gasteiger partial charge in [-0.15, -0.1) is 0 Å². The lowest BCUT2D eigenvalue weighted by Gasteiger charge is -2.37. The van der Waals surface area contributed by atoms with Gasteiger partial charge in [0.2, 0.25) is 17.7 Å². The average molecular weight is 442 g/mol. The van der Waals surface area contributed by atoms with Crippen molar-refractivity contribution in [2.45, 2.75) is 72.8 Å². The Kier molecular flexibility index (Phi) is 7.01. The maximum atomic E-state index is 13.1. The lowest BCUT2D eigenvalue weighted by atomic mass is 9.81. The molecule has 1 unspecified atom stereocenters. The highest BCUT2D eigenvalue weighted by atomic mass is 16.2. The van der Waals surface area contributed by atoms with Gasteiger partial charge in [-0.2, -0.15) is 0 Å². The molecule has 2 aliphatic rings. The molecule has 176 valence electrons. The zero-order chi connectivity index (χ0) is 23.7. The van der Waals surface area contributed by atoms with Crippen LogP contribution in [-0.4, -0.2) is 47.8 Å². The zero-order valence-electron chi connectivity index (χ0n) is 20.5. The molecule has 2 saturated heterocycles. The summed E-state index contributed by atoms with van der Waals surface area (Å²) in [5.41, 5.74) is 1.87. The van der Waals surface area contributed by atoms with Crippen molar-refractivity contribution < 1.29 is 14.4 Å². The summed E-state index contributed by atoms with van der Waals surface area (Å²) in [5.74, 6) is -0.233. The Morgan fingerprint density at radius 3 is 2.16 bits per heavy atom. The van der Waals surface area contributed by atoms with Crippen molar-refractivity contribution in [3.8, 4) is 0 Å². The summed E-state index contributed by atoms with van der Waals surface area (Å²) >= 11 is 0. The Balaban J connectivity index is 1.52. The van der Waals surface area contributed by atoms with Crippen LogP contribution in [0.25, 0.3) is 0 Å². The molecule has 0 aliphatic carbocycles. The number of nitrogens with zero attached hydrogens (tertiary/aromatic N) is 2. The predicted octanol–water partition coefficient (Wildman–Crippen LogP) is 3.92. The number of carbonyl (C=O) groups excluding carboxylic acids is 3.